The fourth-order valence-electron chi connectivity index (χ4n) is 2.12. The van der Waals surface area contributed by atoms with Gasteiger partial charge in [-0.05, 0) is 30.7 Å². The molecule has 0 aliphatic heterocycles. The van der Waals surface area contributed by atoms with Crippen LogP contribution in [0.4, 0.5) is 5.82 Å². The normalized spacial score (nSPS) is 10.9. The molecule has 2 heterocycles. The van der Waals surface area contributed by atoms with Gasteiger partial charge in [-0.25, -0.2) is 9.97 Å². The van der Waals surface area contributed by atoms with E-state index in [9.17, 15) is 0 Å². The fourth-order valence-corrected chi connectivity index (χ4v) is 2.90. The quantitative estimate of drug-likeness (QED) is 0.692. The molecular weight excluding hydrogens is 292 g/mol. The second-order valence-corrected chi connectivity index (χ2v) is 5.95. The van der Waals surface area contributed by atoms with Crippen LogP contribution in [0.5, 0.6) is 0 Å². The van der Waals surface area contributed by atoms with Crippen molar-refractivity contribution in [2.45, 2.75) is 13.5 Å². The van der Waals surface area contributed by atoms with Gasteiger partial charge in [0.1, 0.15) is 5.82 Å². The van der Waals surface area contributed by atoms with Crippen LogP contribution < -0.4 is 4.90 Å². The Kier molecular flexibility index (Phi) is 3.54. The summed E-state index contributed by atoms with van der Waals surface area (Å²) in [6, 6.07) is 7.86. The predicted octanol–water partition coefficient (Wildman–Crippen LogP) is 3.68. The van der Waals surface area contributed by atoms with Crippen LogP contribution in [0.1, 0.15) is 10.7 Å². The lowest BCUT2D eigenvalue weighted by molar-refractivity contribution is 0.873. The van der Waals surface area contributed by atoms with E-state index in [0.717, 1.165) is 27.4 Å². The Morgan fingerprint density at radius 2 is 2.00 bits per heavy atom. The van der Waals surface area contributed by atoms with E-state index in [1.165, 1.54) is 0 Å². The first kappa shape index (κ1) is 13.3. The van der Waals surface area contributed by atoms with Gasteiger partial charge in [0.25, 0.3) is 0 Å². The standard InChI is InChI=1S/C14H13ClN4S/c1-9-16-10(8-20-9)7-19(2)13-11-5-3-4-6-12(11)17-14(15)18-13/h3-6,8H,7H2,1-2H3. The van der Waals surface area contributed by atoms with Gasteiger partial charge in [-0.1, -0.05) is 12.1 Å². The van der Waals surface area contributed by atoms with Gasteiger partial charge < -0.3 is 4.90 Å². The van der Waals surface area contributed by atoms with Gasteiger partial charge in [-0.3, -0.25) is 0 Å². The Bertz CT molecular complexity index is 756. The highest BCUT2D eigenvalue weighted by molar-refractivity contribution is 7.09. The first-order valence-electron chi connectivity index (χ1n) is 6.18. The summed E-state index contributed by atoms with van der Waals surface area (Å²) in [4.78, 5) is 15.1. The smallest absolute Gasteiger partial charge is 0.224 e. The van der Waals surface area contributed by atoms with Crippen molar-refractivity contribution >= 4 is 39.7 Å². The van der Waals surface area contributed by atoms with E-state index in [1.54, 1.807) is 11.3 Å². The summed E-state index contributed by atoms with van der Waals surface area (Å²) in [5, 5.41) is 4.39. The molecule has 0 aliphatic carbocycles. The van der Waals surface area contributed by atoms with Crippen molar-refractivity contribution in [3.8, 4) is 0 Å². The Hall–Kier alpha value is -1.72. The lowest BCUT2D eigenvalue weighted by Gasteiger charge is -2.18. The second kappa shape index (κ2) is 5.34. The molecule has 0 saturated heterocycles. The van der Waals surface area contributed by atoms with Crippen LogP contribution in [0.3, 0.4) is 0 Å². The lowest BCUT2D eigenvalue weighted by Crippen LogP contribution is -2.18. The van der Waals surface area contributed by atoms with Crippen LogP contribution in [0.25, 0.3) is 10.9 Å². The third-order valence-corrected chi connectivity index (χ3v) is 3.97. The second-order valence-electron chi connectivity index (χ2n) is 4.55. The third kappa shape index (κ3) is 2.59. The zero-order valence-corrected chi connectivity index (χ0v) is 12.7. The molecule has 0 amide bonds. The van der Waals surface area contributed by atoms with Crippen molar-refractivity contribution in [1.29, 1.82) is 0 Å². The number of rotatable bonds is 3. The molecule has 102 valence electrons. The molecule has 4 nitrogen and oxygen atoms in total. The molecule has 20 heavy (non-hydrogen) atoms. The van der Waals surface area contributed by atoms with Gasteiger partial charge >= 0.3 is 0 Å². The number of fused-ring (bicyclic) bond motifs is 1. The SMILES string of the molecule is Cc1nc(CN(C)c2nc(Cl)nc3ccccc23)cs1. The molecule has 0 N–H and O–H groups in total. The number of thiazole rings is 1. The number of halogens is 1. The summed E-state index contributed by atoms with van der Waals surface area (Å²) in [6.45, 7) is 2.70. The van der Waals surface area contributed by atoms with E-state index < -0.39 is 0 Å². The first-order chi connectivity index (χ1) is 9.63. The average Bonchev–Trinajstić information content (AvgIpc) is 2.83. The lowest BCUT2D eigenvalue weighted by atomic mass is 10.2. The Labute approximate surface area is 126 Å². The molecule has 0 bridgehead atoms. The number of aryl methyl sites for hydroxylation is 1. The number of aromatic nitrogens is 3. The average molecular weight is 305 g/mol. The van der Waals surface area contributed by atoms with Crippen molar-refractivity contribution in [3.63, 3.8) is 0 Å². The molecule has 0 unspecified atom stereocenters. The van der Waals surface area contributed by atoms with Crippen molar-refractivity contribution < 1.29 is 0 Å². The van der Waals surface area contributed by atoms with E-state index in [2.05, 4.69) is 20.3 Å². The number of benzene rings is 1. The molecular formula is C14H13ClN4S. The molecule has 0 spiro atoms. The molecule has 3 rings (SSSR count). The molecule has 0 fully saturated rings. The highest BCUT2D eigenvalue weighted by Gasteiger charge is 2.12. The topological polar surface area (TPSA) is 41.9 Å². The maximum Gasteiger partial charge on any atom is 0.224 e. The van der Waals surface area contributed by atoms with E-state index in [0.29, 0.717) is 6.54 Å². The first-order valence-corrected chi connectivity index (χ1v) is 7.43. The Morgan fingerprint density at radius 3 is 2.75 bits per heavy atom. The van der Waals surface area contributed by atoms with E-state index >= 15 is 0 Å². The number of nitrogens with zero attached hydrogens (tertiary/aromatic N) is 4. The molecule has 2 aromatic heterocycles. The molecule has 6 heteroatoms. The zero-order chi connectivity index (χ0) is 14.1. The number of hydrogen-bond donors (Lipinski definition) is 0. The summed E-state index contributed by atoms with van der Waals surface area (Å²) < 4.78 is 0. The van der Waals surface area contributed by atoms with Crippen molar-refractivity contribution in [1.82, 2.24) is 15.0 Å². The minimum atomic E-state index is 0.264. The van der Waals surface area contributed by atoms with Gasteiger partial charge in [0.15, 0.2) is 0 Å². The van der Waals surface area contributed by atoms with Crippen LogP contribution in [-0.4, -0.2) is 22.0 Å². The number of hydrogen-bond acceptors (Lipinski definition) is 5. The van der Waals surface area contributed by atoms with Crippen molar-refractivity contribution in [2.75, 3.05) is 11.9 Å². The van der Waals surface area contributed by atoms with Gasteiger partial charge in [0.2, 0.25) is 5.28 Å². The zero-order valence-electron chi connectivity index (χ0n) is 11.2. The van der Waals surface area contributed by atoms with Crippen molar-refractivity contribution in [2.24, 2.45) is 0 Å². The van der Waals surface area contributed by atoms with Gasteiger partial charge in [-0.2, -0.15) is 4.98 Å². The highest BCUT2D eigenvalue weighted by atomic mass is 35.5. The largest absolute Gasteiger partial charge is 0.353 e. The summed E-state index contributed by atoms with van der Waals surface area (Å²) in [6.07, 6.45) is 0. The third-order valence-electron chi connectivity index (χ3n) is 2.98. The van der Waals surface area contributed by atoms with E-state index in [-0.39, 0.29) is 5.28 Å². The van der Waals surface area contributed by atoms with Crippen LogP contribution in [0.2, 0.25) is 5.28 Å². The van der Waals surface area contributed by atoms with Gasteiger partial charge in [0.05, 0.1) is 22.8 Å². The Balaban J connectivity index is 2.00. The van der Waals surface area contributed by atoms with Crippen LogP contribution in [0.15, 0.2) is 29.6 Å². The summed E-state index contributed by atoms with van der Waals surface area (Å²) in [5.41, 5.74) is 1.89. The van der Waals surface area contributed by atoms with Crippen LogP contribution in [-0.2, 0) is 6.54 Å². The van der Waals surface area contributed by atoms with E-state index in [1.807, 2.05) is 43.1 Å². The van der Waals surface area contributed by atoms with E-state index in [4.69, 9.17) is 11.6 Å². The number of anilines is 1. The minimum Gasteiger partial charge on any atom is -0.353 e. The molecule has 0 radical (unpaired) electrons. The number of para-hydroxylation sites is 1. The molecule has 1 aromatic carbocycles. The molecule has 0 atom stereocenters. The van der Waals surface area contributed by atoms with Crippen molar-refractivity contribution in [3.05, 3.63) is 45.6 Å². The van der Waals surface area contributed by atoms with Crippen LogP contribution in [0, 0.1) is 6.92 Å². The summed E-state index contributed by atoms with van der Waals surface area (Å²) >= 11 is 7.66. The molecule has 0 aliphatic rings. The molecule has 3 aromatic rings. The Morgan fingerprint density at radius 1 is 1.20 bits per heavy atom. The maximum atomic E-state index is 6.01. The van der Waals surface area contributed by atoms with Crippen LogP contribution >= 0.6 is 22.9 Å². The van der Waals surface area contributed by atoms with Gasteiger partial charge in [0, 0.05) is 17.8 Å². The maximum absolute atomic E-state index is 6.01. The van der Waals surface area contributed by atoms with Gasteiger partial charge in [-0.15, -0.1) is 11.3 Å². The fraction of sp³-hybridized carbons (Fsp3) is 0.214. The predicted molar refractivity (Wildman–Crippen MR) is 83.5 cm³/mol. The minimum absolute atomic E-state index is 0.264. The monoisotopic (exact) mass is 304 g/mol. The highest BCUT2D eigenvalue weighted by Crippen LogP contribution is 2.25. The molecule has 0 saturated carbocycles. The summed E-state index contributed by atoms with van der Waals surface area (Å²) in [5.74, 6) is 0.825. The summed E-state index contributed by atoms with van der Waals surface area (Å²) in [7, 11) is 1.99.